The second-order valence-electron chi connectivity index (χ2n) is 4.87. The van der Waals surface area contributed by atoms with Gasteiger partial charge in [0.2, 0.25) is 5.82 Å². The van der Waals surface area contributed by atoms with Crippen molar-refractivity contribution in [3.63, 3.8) is 0 Å². The van der Waals surface area contributed by atoms with Crippen LogP contribution in [0.5, 0.6) is 0 Å². The van der Waals surface area contributed by atoms with Crippen LogP contribution in [0.2, 0.25) is 0 Å². The van der Waals surface area contributed by atoms with E-state index in [0.717, 1.165) is 6.42 Å². The summed E-state index contributed by atoms with van der Waals surface area (Å²) in [5.74, 6) is 4.16. The number of nitrogens with one attached hydrogen (secondary N) is 1. The fraction of sp³-hybridized carbons (Fsp3) is 0.667. The molecule has 1 rings (SSSR count). The molecule has 9 heteroatoms. The van der Waals surface area contributed by atoms with E-state index in [1.807, 2.05) is 25.9 Å². The van der Waals surface area contributed by atoms with Crippen molar-refractivity contribution in [3.05, 3.63) is 11.9 Å². The van der Waals surface area contributed by atoms with Gasteiger partial charge in [-0.05, 0) is 20.5 Å². The van der Waals surface area contributed by atoms with Gasteiger partial charge in [0.1, 0.15) is 11.6 Å². The van der Waals surface area contributed by atoms with E-state index < -0.39 is 12.0 Å². The number of rotatable bonds is 7. The van der Waals surface area contributed by atoms with Crippen LogP contribution in [0.4, 0.5) is 24.8 Å². The molecular formula is C12H21F3N6. The number of nitrogens with two attached hydrogens (primary N) is 1. The van der Waals surface area contributed by atoms with Gasteiger partial charge in [0.25, 0.3) is 0 Å². The molecule has 0 atom stereocenters. The zero-order valence-corrected chi connectivity index (χ0v) is 12.4. The lowest BCUT2D eigenvalue weighted by atomic mass is 10.3. The second kappa shape index (κ2) is 7.41. The summed E-state index contributed by atoms with van der Waals surface area (Å²) in [6, 6.07) is 1.42. The second-order valence-corrected chi connectivity index (χ2v) is 4.87. The highest BCUT2D eigenvalue weighted by Crippen LogP contribution is 2.29. The molecule has 1 heterocycles. The molecule has 1 aromatic heterocycles. The molecule has 0 aliphatic rings. The first kappa shape index (κ1) is 17.4. The van der Waals surface area contributed by atoms with Crippen molar-refractivity contribution in [3.8, 4) is 0 Å². The van der Waals surface area contributed by atoms with Crippen LogP contribution in [0, 0.1) is 0 Å². The number of nitrogen functional groups attached to an aromatic ring is 1. The molecule has 0 aliphatic carbocycles. The van der Waals surface area contributed by atoms with E-state index in [1.54, 1.807) is 4.90 Å². The van der Waals surface area contributed by atoms with Gasteiger partial charge >= 0.3 is 6.18 Å². The topological polar surface area (TPSA) is 70.3 Å². The smallest absolute Gasteiger partial charge is 0.355 e. The van der Waals surface area contributed by atoms with Crippen LogP contribution < -0.4 is 16.2 Å². The molecule has 0 radical (unpaired) electrons. The molecule has 0 unspecified atom stereocenters. The molecule has 0 bridgehead atoms. The van der Waals surface area contributed by atoms with Crippen molar-refractivity contribution in [2.45, 2.75) is 19.5 Å². The summed E-state index contributed by atoms with van der Waals surface area (Å²) in [4.78, 5) is 10.7. The minimum absolute atomic E-state index is 0.0571. The summed E-state index contributed by atoms with van der Waals surface area (Å²) in [6.07, 6.45) is -3.81. The zero-order valence-electron chi connectivity index (χ0n) is 12.4. The highest BCUT2D eigenvalue weighted by Gasteiger charge is 2.35. The molecule has 0 amide bonds. The number of hydrogen-bond donors (Lipinski definition) is 2. The van der Waals surface area contributed by atoms with Crippen LogP contribution in [0.15, 0.2) is 6.07 Å². The number of likely N-dealkylation sites (N-methyl/N-ethyl adjacent to an activating group) is 1. The zero-order chi connectivity index (χ0) is 16.0. The molecule has 120 valence electrons. The van der Waals surface area contributed by atoms with Crippen molar-refractivity contribution in [2.24, 2.45) is 5.84 Å². The number of alkyl halides is 3. The largest absolute Gasteiger partial charge is 0.451 e. The van der Waals surface area contributed by atoms with E-state index in [0.29, 0.717) is 19.6 Å². The van der Waals surface area contributed by atoms with Crippen molar-refractivity contribution < 1.29 is 13.2 Å². The maximum absolute atomic E-state index is 12.8. The molecule has 21 heavy (non-hydrogen) atoms. The summed E-state index contributed by atoms with van der Waals surface area (Å²) in [5.41, 5.74) is 2.15. The normalized spacial score (nSPS) is 11.8. The third-order valence-corrected chi connectivity index (χ3v) is 2.75. The van der Waals surface area contributed by atoms with Crippen LogP contribution in [0.25, 0.3) is 0 Å². The Hall–Kier alpha value is -1.61. The summed E-state index contributed by atoms with van der Waals surface area (Å²) >= 11 is 0. The Morgan fingerprint density at radius 3 is 2.33 bits per heavy atom. The summed E-state index contributed by atoms with van der Waals surface area (Å²) in [6.45, 7) is 3.83. The fourth-order valence-corrected chi connectivity index (χ4v) is 1.73. The van der Waals surface area contributed by atoms with Crippen molar-refractivity contribution in [1.29, 1.82) is 0 Å². The van der Waals surface area contributed by atoms with Gasteiger partial charge in [-0.15, -0.1) is 0 Å². The van der Waals surface area contributed by atoms with Gasteiger partial charge in [-0.2, -0.15) is 13.2 Å². The summed E-state index contributed by atoms with van der Waals surface area (Å²) in [5, 5.41) is 0. The molecular weight excluding hydrogens is 285 g/mol. The first-order chi connectivity index (χ1) is 9.77. The van der Waals surface area contributed by atoms with Crippen LogP contribution in [-0.4, -0.2) is 48.6 Å². The van der Waals surface area contributed by atoms with Crippen LogP contribution >= 0.6 is 0 Å². The molecule has 0 saturated heterocycles. The van der Waals surface area contributed by atoms with Gasteiger partial charge in [0.05, 0.1) is 0 Å². The van der Waals surface area contributed by atoms with Crippen LogP contribution in [0.3, 0.4) is 0 Å². The number of hydrazine groups is 1. The van der Waals surface area contributed by atoms with Crippen LogP contribution in [-0.2, 0) is 6.18 Å². The van der Waals surface area contributed by atoms with Gasteiger partial charge in [-0.1, -0.05) is 6.92 Å². The Morgan fingerprint density at radius 1 is 1.19 bits per heavy atom. The maximum atomic E-state index is 12.8. The predicted octanol–water partition coefficient (Wildman–Crippen LogP) is 1.56. The Morgan fingerprint density at radius 2 is 1.86 bits per heavy atom. The van der Waals surface area contributed by atoms with Crippen molar-refractivity contribution in [1.82, 2.24) is 14.9 Å². The molecule has 0 fully saturated rings. The summed E-state index contributed by atoms with van der Waals surface area (Å²) in [7, 11) is 3.80. The van der Waals surface area contributed by atoms with E-state index in [1.165, 1.54) is 6.07 Å². The van der Waals surface area contributed by atoms with Gasteiger partial charge < -0.3 is 15.2 Å². The highest BCUT2D eigenvalue weighted by molar-refractivity contribution is 5.49. The molecule has 0 aromatic carbocycles. The lowest BCUT2D eigenvalue weighted by molar-refractivity contribution is -0.144. The quantitative estimate of drug-likeness (QED) is 0.588. The number of nitrogens with zero attached hydrogens (tertiary/aromatic N) is 4. The first-order valence-corrected chi connectivity index (χ1v) is 6.60. The Labute approximate surface area is 122 Å². The molecule has 6 nitrogen and oxygen atoms in total. The molecule has 1 aromatic rings. The van der Waals surface area contributed by atoms with Crippen molar-refractivity contribution >= 4 is 11.6 Å². The monoisotopic (exact) mass is 306 g/mol. The Bertz CT molecular complexity index is 449. The van der Waals surface area contributed by atoms with Crippen LogP contribution in [0.1, 0.15) is 19.2 Å². The maximum Gasteiger partial charge on any atom is 0.451 e. The lowest BCUT2D eigenvalue weighted by Crippen LogP contribution is -2.33. The van der Waals surface area contributed by atoms with Crippen molar-refractivity contribution in [2.75, 3.05) is 44.1 Å². The van der Waals surface area contributed by atoms with Gasteiger partial charge in [-0.25, -0.2) is 15.8 Å². The molecule has 3 N–H and O–H groups in total. The average molecular weight is 306 g/mol. The highest BCUT2D eigenvalue weighted by atomic mass is 19.4. The predicted molar refractivity (Wildman–Crippen MR) is 75.9 cm³/mol. The third-order valence-electron chi connectivity index (χ3n) is 2.75. The number of aromatic nitrogens is 2. The summed E-state index contributed by atoms with van der Waals surface area (Å²) < 4.78 is 38.5. The van der Waals surface area contributed by atoms with E-state index in [2.05, 4.69) is 15.4 Å². The van der Waals surface area contributed by atoms with E-state index >= 15 is 0 Å². The van der Waals surface area contributed by atoms with Gasteiger partial charge in [-0.3, -0.25) is 0 Å². The number of halogens is 3. The van der Waals surface area contributed by atoms with E-state index in [-0.39, 0.29) is 11.6 Å². The van der Waals surface area contributed by atoms with E-state index in [4.69, 9.17) is 5.84 Å². The minimum atomic E-state index is -4.61. The number of hydrogen-bond acceptors (Lipinski definition) is 6. The third kappa shape index (κ3) is 5.35. The standard InChI is InChI=1S/C12H21F3N6/c1-4-5-21(7-6-20(2)3)10-8-9(19-16)17-11(18-10)12(13,14)15/h8H,4-7,16H2,1-3H3,(H,17,18,19). The average Bonchev–Trinajstić information content (AvgIpc) is 2.41. The SMILES string of the molecule is CCCN(CCN(C)C)c1cc(NN)nc(C(F)(F)F)n1. The molecule has 0 spiro atoms. The first-order valence-electron chi connectivity index (χ1n) is 6.60. The Balaban J connectivity index is 3.11. The Kier molecular flexibility index (Phi) is 6.16. The molecule has 0 saturated carbocycles. The van der Waals surface area contributed by atoms with Gasteiger partial charge in [0.15, 0.2) is 0 Å². The number of anilines is 2. The van der Waals surface area contributed by atoms with Gasteiger partial charge in [0, 0.05) is 25.7 Å². The molecule has 0 aliphatic heterocycles. The lowest BCUT2D eigenvalue weighted by Gasteiger charge is -2.25. The minimum Gasteiger partial charge on any atom is -0.355 e. The fourth-order valence-electron chi connectivity index (χ4n) is 1.73. The van der Waals surface area contributed by atoms with E-state index in [9.17, 15) is 13.2 Å².